The van der Waals surface area contributed by atoms with Gasteiger partial charge in [0.2, 0.25) is 11.9 Å². The molecule has 6 heteroatoms. The number of rotatable bonds is 5. The van der Waals surface area contributed by atoms with Crippen molar-refractivity contribution in [2.24, 2.45) is 5.92 Å². The van der Waals surface area contributed by atoms with Crippen molar-refractivity contribution < 1.29 is 4.79 Å². The summed E-state index contributed by atoms with van der Waals surface area (Å²) >= 11 is 0. The molecule has 3 heterocycles. The number of hydrogen-bond acceptors (Lipinski definition) is 4. The van der Waals surface area contributed by atoms with Crippen molar-refractivity contribution in [3.05, 3.63) is 48.0 Å². The summed E-state index contributed by atoms with van der Waals surface area (Å²) < 4.78 is 1.80. The summed E-state index contributed by atoms with van der Waals surface area (Å²) in [6.45, 7) is 3.43. The molecule has 0 bridgehead atoms. The van der Waals surface area contributed by atoms with Crippen molar-refractivity contribution in [2.45, 2.75) is 32.2 Å². The van der Waals surface area contributed by atoms with Crippen molar-refractivity contribution in [2.75, 3.05) is 18.4 Å². The number of anilines is 1. The minimum Gasteiger partial charge on any atom is -0.299 e. The summed E-state index contributed by atoms with van der Waals surface area (Å²) in [5.74, 6) is 0.544. The molecule has 2 aliphatic rings. The summed E-state index contributed by atoms with van der Waals surface area (Å²) in [5.41, 5.74) is 4.14. The Balaban J connectivity index is 1.40. The Labute approximate surface area is 158 Å². The number of carbonyl (C=O) groups is 1. The molecule has 1 aliphatic heterocycles. The Morgan fingerprint density at radius 1 is 1.07 bits per heavy atom. The first-order valence-electron chi connectivity index (χ1n) is 9.74. The molecule has 1 saturated carbocycles. The second-order valence-corrected chi connectivity index (χ2v) is 7.56. The van der Waals surface area contributed by atoms with Crippen molar-refractivity contribution in [1.29, 1.82) is 0 Å². The van der Waals surface area contributed by atoms with Crippen LogP contribution in [0.5, 0.6) is 0 Å². The molecule has 0 spiro atoms. The van der Waals surface area contributed by atoms with Crippen LogP contribution in [0.2, 0.25) is 0 Å². The van der Waals surface area contributed by atoms with E-state index in [0.717, 1.165) is 36.3 Å². The number of hydrogen-bond donors (Lipinski definition) is 1. The van der Waals surface area contributed by atoms with Gasteiger partial charge in [0.05, 0.1) is 5.69 Å². The van der Waals surface area contributed by atoms with E-state index in [1.807, 2.05) is 18.2 Å². The van der Waals surface area contributed by atoms with Crippen LogP contribution < -0.4 is 5.32 Å². The van der Waals surface area contributed by atoms with Crippen molar-refractivity contribution in [1.82, 2.24) is 19.5 Å². The van der Waals surface area contributed by atoms with Gasteiger partial charge < -0.3 is 0 Å². The van der Waals surface area contributed by atoms with Gasteiger partial charge in [-0.05, 0) is 56.5 Å². The minimum absolute atomic E-state index is 0.0266. The van der Waals surface area contributed by atoms with Crippen LogP contribution in [0.3, 0.4) is 0 Å². The number of benzene rings is 1. The third-order valence-electron chi connectivity index (χ3n) is 5.40. The van der Waals surface area contributed by atoms with Gasteiger partial charge in [0.1, 0.15) is 0 Å². The first kappa shape index (κ1) is 16.4. The Kier molecular flexibility index (Phi) is 4.13. The molecule has 1 N–H and O–H groups in total. The Morgan fingerprint density at radius 2 is 1.85 bits per heavy atom. The molecule has 1 aliphatic carbocycles. The van der Waals surface area contributed by atoms with Crippen LogP contribution in [0.4, 0.5) is 5.95 Å². The van der Waals surface area contributed by atoms with E-state index in [9.17, 15) is 4.79 Å². The lowest BCUT2D eigenvalue weighted by molar-refractivity contribution is -0.117. The number of fused-ring (bicyclic) bond motifs is 1. The Hall–Kier alpha value is -2.73. The average molecular weight is 361 g/mol. The number of likely N-dealkylation sites (tertiary alicyclic amines) is 1. The third-order valence-corrected chi connectivity index (χ3v) is 5.40. The lowest BCUT2D eigenvalue weighted by Gasteiger charge is -2.14. The van der Waals surface area contributed by atoms with Gasteiger partial charge in [0, 0.05) is 18.0 Å². The van der Waals surface area contributed by atoms with Gasteiger partial charge in [-0.3, -0.25) is 15.0 Å². The number of nitrogens with zero attached hydrogens (tertiary/aromatic N) is 4. The zero-order chi connectivity index (χ0) is 18.2. The summed E-state index contributed by atoms with van der Waals surface area (Å²) in [6, 6.07) is 14.6. The second-order valence-electron chi connectivity index (χ2n) is 7.56. The van der Waals surface area contributed by atoms with Gasteiger partial charge in [-0.2, -0.15) is 4.98 Å². The van der Waals surface area contributed by atoms with Crippen LogP contribution in [0, 0.1) is 5.92 Å². The number of carbonyl (C=O) groups excluding carboxylic acids is 1. The molecule has 27 heavy (non-hydrogen) atoms. The molecule has 5 rings (SSSR count). The average Bonchev–Trinajstić information content (AvgIpc) is 3.26. The summed E-state index contributed by atoms with van der Waals surface area (Å²) in [6.07, 6.45) is 4.56. The SMILES string of the molecule is O=C(Nc1nc2cccc(-c3ccc(CN4CCCC4)cc3)n2n1)C1CC1. The number of amides is 1. The van der Waals surface area contributed by atoms with Crippen LogP contribution in [0.1, 0.15) is 31.2 Å². The van der Waals surface area contributed by atoms with Crippen molar-refractivity contribution in [3.8, 4) is 11.3 Å². The van der Waals surface area contributed by atoms with Gasteiger partial charge in [-0.25, -0.2) is 4.52 Å². The molecule has 1 saturated heterocycles. The highest BCUT2D eigenvalue weighted by Gasteiger charge is 2.30. The maximum absolute atomic E-state index is 12.0. The molecular formula is C21H23N5O. The molecule has 2 aromatic heterocycles. The normalized spacial score (nSPS) is 17.5. The van der Waals surface area contributed by atoms with Crippen molar-refractivity contribution in [3.63, 3.8) is 0 Å². The molecule has 1 aromatic carbocycles. The lowest BCUT2D eigenvalue weighted by Crippen LogP contribution is -2.18. The summed E-state index contributed by atoms with van der Waals surface area (Å²) in [5, 5.41) is 7.34. The molecule has 0 atom stereocenters. The fourth-order valence-electron chi connectivity index (χ4n) is 3.71. The molecule has 138 valence electrons. The zero-order valence-electron chi connectivity index (χ0n) is 15.3. The highest BCUT2D eigenvalue weighted by atomic mass is 16.2. The number of nitrogens with one attached hydrogen (secondary N) is 1. The molecule has 3 aromatic rings. The quantitative estimate of drug-likeness (QED) is 0.757. The fourth-order valence-corrected chi connectivity index (χ4v) is 3.71. The van der Waals surface area contributed by atoms with Crippen molar-refractivity contribution >= 4 is 17.5 Å². The standard InChI is InChI=1S/C21H23N5O/c27-20(17-10-11-17)23-21-22-19-5-3-4-18(26(19)24-21)16-8-6-15(7-9-16)14-25-12-1-2-13-25/h3-9,17H,1-2,10-14H2,(H,23,24,27). The van der Waals surface area contributed by atoms with E-state index in [2.05, 4.69) is 44.6 Å². The van der Waals surface area contributed by atoms with Gasteiger partial charge in [-0.15, -0.1) is 5.10 Å². The number of pyridine rings is 1. The number of aromatic nitrogens is 3. The van der Waals surface area contributed by atoms with Gasteiger partial charge >= 0.3 is 0 Å². The predicted octanol–water partition coefficient (Wildman–Crippen LogP) is 3.34. The topological polar surface area (TPSA) is 62.5 Å². The minimum atomic E-state index is 0.0266. The lowest BCUT2D eigenvalue weighted by atomic mass is 10.1. The van der Waals surface area contributed by atoms with Gasteiger partial charge in [-0.1, -0.05) is 30.3 Å². The van der Waals surface area contributed by atoms with Gasteiger partial charge in [0.15, 0.2) is 5.65 Å². The second kappa shape index (κ2) is 6.78. The van der Waals surface area contributed by atoms with E-state index in [0.29, 0.717) is 5.95 Å². The third kappa shape index (κ3) is 3.45. The molecule has 6 nitrogen and oxygen atoms in total. The predicted molar refractivity (Wildman–Crippen MR) is 104 cm³/mol. The molecule has 1 amide bonds. The summed E-state index contributed by atoms with van der Waals surface area (Å²) in [4.78, 5) is 18.9. The monoisotopic (exact) mass is 361 g/mol. The fraction of sp³-hybridized carbons (Fsp3) is 0.381. The molecule has 0 radical (unpaired) electrons. The van der Waals surface area contributed by atoms with Crippen LogP contribution in [0.15, 0.2) is 42.5 Å². The molecular weight excluding hydrogens is 338 g/mol. The van der Waals surface area contributed by atoms with Crippen LogP contribution in [-0.4, -0.2) is 38.5 Å². The van der Waals surface area contributed by atoms with Gasteiger partial charge in [0.25, 0.3) is 0 Å². The van der Waals surface area contributed by atoms with Crippen LogP contribution in [0.25, 0.3) is 16.9 Å². The highest BCUT2D eigenvalue weighted by Crippen LogP contribution is 2.30. The van der Waals surface area contributed by atoms with E-state index in [4.69, 9.17) is 0 Å². The van der Waals surface area contributed by atoms with E-state index in [1.54, 1.807) is 4.52 Å². The zero-order valence-corrected chi connectivity index (χ0v) is 15.3. The van der Waals surface area contributed by atoms with E-state index in [1.165, 1.54) is 31.5 Å². The molecule has 2 fully saturated rings. The van der Waals surface area contributed by atoms with Crippen LogP contribution >= 0.6 is 0 Å². The largest absolute Gasteiger partial charge is 0.299 e. The summed E-state index contributed by atoms with van der Waals surface area (Å²) in [7, 11) is 0. The molecule has 0 unspecified atom stereocenters. The Morgan fingerprint density at radius 3 is 2.59 bits per heavy atom. The first-order chi connectivity index (χ1) is 13.3. The first-order valence-corrected chi connectivity index (χ1v) is 9.74. The van der Waals surface area contributed by atoms with E-state index >= 15 is 0 Å². The smallest absolute Gasteiger partial charge is 0.249 e. The van der Waals surface area contributed by atoms with E-state index in [-0.39, 0.29) is 11.8 Å². The Bertz CT molecular complexity index is 968. The van der Waals surface area contributed by atoms with Crippen LogP contribution in [-0.2, 0) is 11.3 Å². The maximum Gasteiger partial charge on any atom is 0.249 e. The highest BCUT2D eigenvalue weighted by molar-refractivity contribution is 5.92. The van der Waals surface area contributed by atoms with E-state index < -0.39 is 0 Å². The maximum atomic E-state index is 12.0.